The largest absolute Gasteiger partial charge is 0.198 e. The second kappa shape index (κ2) is 5.29. The average Bonchev–Trinajstić information content (AvgIpc) is 1.55. The van der Waals surface area contributed by atoms with Gasteiger partial charge in [0.15, 0.2) is 10.6 Å². The molecule has 11 heavy (non-hydrogen) atoms. The molecule has 0 aromatic heterocycles. The topological polar surface area (TPSA) is 0 Å². The van der Waals surface area contributed by atoms with Gasteiger partial charge in [-0.2, -0.15) is 0 Å². The highest BCUT2D eigenvalue weighted by Crippen LogP contribution is 2.32. The third kappa shape index (κ3) is 12.4. The SMILES string of the molecule is C[Si](Br)(Br)CCC[Si](C)(Br)Br. The van der Waals surface area contributed by atoms with E-state index in [4.69, 9.17) is 0 Å². The smallest absolute Gasteiger partial charge is 0.111 e. The van der Waals surface area contributed by atoms with Crippen molar-refractivity contribution in [3.63, 3.8) is 0 Å². The lowest BCUT2D eigenvalue weighted by molar-refractivity contribution is 1.05. The van der Waals surface area contributed by atoms with E-state index in [1.54, 1.807) is 0 Å². The maximum absolute atomic E-state index is 3.69. The van der Waals surface area contributed by atoms with E-state index in [-0.39, 0.29) is 0 Å². The third-order valence-corrected chi connectivity index (χ3v) is 8.45. The normalized spacial score (nSPS) is 13.6. The van der Waals surface area contributed by atoms with E-state index in [0.29, 0.717) is 0 Å². The number of halogens is 4. The average molecular weight is 448 g/mol. The van der Waals surface area contributed by atoms with E-state index in [1.165, 1.54) is 18.5 Å². The Labute approximate surface area is 102 Å². The first-order valence-corrected chi connectivity index (χ1v) is 17.9. The highest BCUT2D eigenvalue weighted by atomic mass is 79.9. The van der Waals surface area contributed by atoms with E-state index in [9.17, 15) is 0 Å². The van der Waals surface area contributed by atoms with Crippen molar-refractivity contribution in [2.75, 3.05) is 0 Å². The molecule has 0 aromatic carbocycles. The molecule has 0 aliphatic heterocycles. The zero-order chi connectivity index (χ0) is 9.12. The van der Waals surface area contributed by atoms with Crippen molar-refractivity contribution in [1.29, 1.82) is 0 Å². The highest BCUT2D eigenvalue weighted by Gasteiger charge is 2.23. The summed E-state index contributed by atoms with van der Waals surface area (Å²) >= 11 is 14.7. The first-order chi connectivity index (χ1) is 4.71. The summed E-state index contributed by atoms with van der Waals surface area (Å²) in [5, 5.41) is -2.30. The van der Waals surface area contributed by atoms with Crippen LogP contribution in [0.2, 0.25) is 25.2 Å². The van der Waals surface area contributed by atoms with Gasteiger partial charge in [-0.15, -0.1) is 61.2 Å². The van der Waals surface area contributed by atoms with Crippen molar-refractivity contribution >= 4 is 71.8 Å². The minimum atomic E-state index is -1.15. The van der Waals surface area contributed by atoms with Crippen LogP contribution in [0.25, 0.3) is 0 Å². The van der Waals surface area contributed by atoms with E-state index in [2.05, 4.69) is 74.3 Å². The van der Waals surface area contributed by atoms with Crippen molar-refractivity contribution in [2.45, 2.75) is 31.6 Å². The highest BCUT2D eigenvalue weighted by molar-refractivity contribution is 9.51. The number of hydrogen-bond donors (Lipinski definition) is 0. The van der Waals surface area contributed by atoms with Crippen LogP contribution in [0.4, 0.5) is 0 Å². The van der Waals surface area contributed by atoms with Crippen LogP contribution in [0.15, 0.2) is 0 Å². The molecule has 0 amide bonds. The van der Waals surface area contributed by atoms with Crippen molar-refractivity contribution in [1.82, 2.24) is 0 Å². The first-order valence-electron chi connectivity index (χ1n) is 3.46. The number of hydrogen-bond acceptors (Lipinski definition) is 0. The van der Waals surface area contributed by atoms with Gasteiger partial charge in [0.25, 0.3) is 0 Å². The zero-order valence-electron chi connectivity index (χ0n) is 6.63. The fourth-order valence-electron chi connectivity index (χ4n) is 0.709. The fourth-order valence-corrected chi connectivity index (χ4v) is 6.02. The Morgan fingerprint density at radius 3 is 1.27 bits per heavy atom. The minimum Gasteiger partial charge on any atom is -0.111 e. The summed E-state index contributed by atoms with van der Waals surface area (Å²) in [5.41, 5.74) is 0. The molecule has 0 saturated heterocycles. The third-order valence-electron chi connectivity index (χ3n) is 1.23. The Bertz CT molecular complexity index is 101. The van der Waals surface area contributed by atoms with Crippen LogP contribution < -0.4 is 0 Å². The molecule has 0 fully saturated rings. The van der Waals surface area contributed by atoms with Gasteiger partial charge in [0, 0.05) is 0 Å². The van der Waals surface area contributed by atoms with Gasteiger partial charge in [0.1, 0.15) is 0 Å². The monoisotopic (exact) mass is 444 g/mol. The van der Waals surface area contributed by atoms with Crippen molar-refractivity contribution in [3.05, 3.63) is 0 Å². The Kier molecular flexibility index (Phi) is 6.42. The molecule has 0 unspecified atom stereocenters. The second-order valence-corrected chi connectivity index (χ2v) is 35.7. The van der Waals surface area contributed by atoms with Gasteiger partial charge in [-0.1, -0.05) is 19.5 Å². The van der Waals surface area contributed by atoms with Crippen molar-refractivity contribution in [3.8, 4) is 0 Å². The minimum absolute atomic E-state index is 1.15. The maximum atomic E-state index is 3.69. The molecule has 0 radical (unpaired) electrons. The van der Waals surface area contributed by atoms with Crippen LogP contribution in [-0.4, -0.2) is 10.6 Å². The summed E-state index contributed by atoms with van der Waals surface area (Å²) in [5.74, 6) is 0. The predicted octanol–water partition coefficient (Wildman–Crippen LogP) is 5.10. The summed E-state index contributed by atoms with van der Waals surface area (Å²) in [6.45, 7) is 4.54. The Morgan fingerprint density at radius 1 is 0.818 bits per heavy atom. The first kappa shape index (κ1) is 13.4. The molecular formula is C5H12Br4Si2. The summed E-state index contributed by atoms with van der Waals surface area (Å²) in [6.07, 6.45) is 1.30. The molecule has 0 atom stereocenters. The van der Waals surface area contributed by atoms with Gasteiger partial charge in [-0.05, 0) is 12.1 Å². The number of rotatable bonds is 4. The van der Waals surface area contributed by atoms with E-state index in [1.807, 2.05) is 0 Å². The van der Waals surface area contributed by atoms with Crippen LogP contribution in [0.5, 0.6) is 0 Å². The van der Waals surface area contributed by atoms with Crippen LogP contribution >= 0.6 is 61.2 Å². The summed E-state index contributed by atoms with van der Waals surface area (Å²) < 4.78 is 0. The van der Waals surface area contributed by atoms with E-state index in [0.717, 1.165) is 0 Å². The molecule has 0 saturated carbocycles. The second-order valence-electron chi connectivity index (χ2n) is 2.99. The summed E-state index contributed by atoms with van der Waals surface area (Å²) in [4.78, 5) is 0. The molecule has 0 rings (SSSR count). The molecule has 0 nitrogen and oxygen atoms in total. The molecule has 0 aliphatic carbocycles. The summed E-state index contributed by atoms with van der Waals surface area (Å²) in [6, 6.07) is 2.60. The van der Waals surface area contributed by atoms with Crippen LogP contribution in [-0.2, 0) is 0 Å². The lowest BCUT2D eigenvalue weighted by Crippen LogP contribution is -2.14. The van der Waals surface area contributed by atoms with Crippen LogP contribution in [0.3, 0.4) is 0 Å². The molecular weight excluding hydrogens is 436 g/mol. The Hall–Kier alpha value is 2.35. The molecule has 0 bridgehead atoms. The maximum Gasteiger partial charge on any atom is 0.198 e. The standard InChI is InChI=1S/C5H12Br4Si2/c1-10(6,7)4-3-5-11(2,8)9/h3-5H2,1-2H3. The zero-order valence-corrected chi connectivity index (χ0v) is 15.0. The lowest BCUT2D eigenvalue weighted by atomic mass is 10.6. The van der Waals surface area contributed by atoms with E-state index < -0.39 is 10.6 Å². The fraction of sp³-hybridized carbons (Fsp3) is 1.00. The van der Waals surface area contributed by atoms with Gasteiger partial charge in [-0.25, -0.2) is 0 Å². The Morgan fingerprint density at radius 2 is 1.09 bits per heavy atom. The van der Waals surface area contributed by atoms with Gasteiger partial charge in [0.2, 0.25) is 0 Å². The molecule has 0 N–H and O–H groups in total. The Balaban J connectivity index is 3.44. The molecule has 0 spiro atoms. The van der Waals surface area contributed by atoms with Crippen LogP contribution in [0.1, 0.15) is 6.42 Å². The quantitative estimate of drug-likeness (QED) is 0.415. The summed E-state index contributed by atoms with van der Waals surface area (Å²) in [7, 11) is 0. The molecule has 6 heteroatoms. The van der Waals surface area contributed by atoms with Crippen LogP contribution in [0, 0.1) is 0 Å². The van der Waals surface area contributed by atoms with Gasteiger partial charge >= 0.3 is 0 Å². The van der Waals surface area contributed by atoms with E-state index >= 15 is 0 Å². The van der Waals surface area contributed by atoms with Gasteiger partial charge in [-0.3, -0.25) is 0 Å². The predicted molar refractivity (Wildman–Crippen MR) is 73.2 cm³/mol. The molecule has 0 aromatic rings. The molecule has 0 aliphatic rings. The van der Waals surface area contributed by atoms with Gasteiger partial charge in [0.05, 0.1) is 0 Å². The van der Waals surface area contributed by atoms with Gasteiger partial charge < -0.3 is 0 Å². The lowest BCUT2D eigenvalue weighted by Gasteiger charge is -2.14. The van der Waals surface area contributed by atoms with Crippen molar-refractivity contribution < 1.29 is 0 Å². The van der Waals surface area contributed by atoms with Crippen molar-refractivity contribution in [2.24, 2.45) is 0 Å². The molecule has 0 heterocycles. The molecule has 68 valence electrons.